The van der Waals surface area contributed by atoms with Gasteiger partial charge in [-0.05, 0) is 44.2 Å². The number of aromatic nitrogens is 3. The molecule has 1 aromatic rings. The Balaban J connectivity index is 2.12. The number of pyridine rings is 1. The van der Waals surface area contributed by atoms with Crippen molar-refractivity contribution in [2.75, 3.05) is 6.61 Å². The number of esters is 1. The summed E-state index contributed by atoms with van der Waals surface area (Å²) >= 11 is 5.89. The number of halogens is 1. The van der Waals surface area contributed by atoms with Crippen molar-refractivity contribution in [2.45, 2.75) is 13.8 Å². The quantitative estimate of drug-likeness (QED) is 0.574. The Morgan fingerprint density at radius 1 is 1.36 bits per heavy atom. The zero-order chi connectivity index (χ0) is 18.0. The molecule has 1 aromatic carbocycles. The molecule has 0 aliphatic carbocycles. The number of benzene rings is 1. The molecule has 0 amide bonds. The Morgan fingerprint density at radius 3 is 2.76 bits per heavy atom. The Labute approximate surface area is 149 Å². The molecule has 7 heteroatoms. The van der Waals surface area contributed by atoms with Crippen LogP contribution in [-0.2, 0) is 9.53 Å². The van der Waals surface area contributed by atoms with Crippen molar-refractivity contribution in [1.82, 2.24) is 14.8 Å². The number of hydrogen-bond donors (Lipinski definition) is 1. The maximum atomic E-state index is 12.6. The zero-order valence-electron chi connectivity index (χ0n) is 13.7. The number of aryl methyl sites for hydroxylation is 1. The predicted octanol–water partition coefficient (Wildman–Crippen LogP) is 3.20. The van der Waals surface area contributed by atoms with Crippen molar-refractivity contribution in [2.24, 2.45) is 0 Å². The highest BCUT2D eigenvalue weighted by Gasteiger charge is 2.20. The molecule has 0 fully saturated rings. The first-order chi connectivity index (χ1) is 12.0. The molecule has 3 rings (SSSR count). The summed E-state index contributed by atoms with van der Waals surface area (Å²) in [5.74, 6) is -0.446. The van der Waals surface area contributed by atoms with Gasteiger partial charge < -0.3 is 9.72 Å². The minimum Gasteiger partial charge on any atom is -0.463 e. The fourth-order valence-corrected chi connectivity index (χ4v) is 2.61. The second kappa shape index (κ2) is 6.94. The summed E-state index contributed by atoms with van der Waals surface area (Å²) in [5, 5.41) is 5.01. The molecule has 2 aliphatic rings. The van der Waals surface area contributed by atoms with Crippen LogP contribution in [0.25, 0.3) is 23.0 Å². The van der Waals surface area contributed by atoms with Crippen LogP contribution in [0.4, 0.5) is 0 Å². The number of aromatic amines is 1. The van der Waals surface area contributed by atoms with Crippen molar-refractivity contribution in [1.29, 1.82) is 0 Å². The van der Waals surface area contributed by atoms with Crippen LogP contribution in [0.3, 0.4) is 0 Å². The molecule has 25 heavy (non-hydrogen) atoms. The lowest BCUT2D eigenvalue weighted by Gasteiger charge is -2.05. The van der Waals surface area contributed by atoms with Gasteiger partial charge in [0.25, 0.3) is 5.56 Å². The van der Waals surface area contributed by atoms with Crippen LogP contribution >= 0.6 is 11.6 Å². The molecular formula is C18H16ClN3O3. The van der Waals surface area contributed by atoms with Gasteiger partial charge in [-0.2, -0.15) is 9.78 Å². The van der Waals surface area contributed by atoms with E-state index in [1.54, 1.807) is 43.5 Å². The minimum absolute atomic E-state index is 0.251. The molecule has 0 atom stereocenters. The number of hydrogen-bond acceptors (Lipinski definition) is 4. The number of nitrogens with one attached hydrogen (secondary N) is 1. The maximum absolute atomic E-state index is 12.6. The highest BCUT2D eigenvalue weighted by atomic mass is 35.5. The van der Waals surface area contributed by atoms with Gasteiger partial charge in [-0.3, -0.25) is 4.79 Å². The molecule has 0 aromatic heterocycles. The molecule has 0 spiro atoms. The monoisotopic (exact) mass is 357 g/mol. The van der Waals surface area contributed by atoms with Crippen molar-refractivity contribution in [3.63, 3.8) is 0 Å². The Kier molecular flexibility index (Phi) is 4.72. The summed E-state index contributed by atoms with van der Waals surface area (Å²) in [5.41, 5.74) is 2.76. The number of rotatable bonds is 4. The number of H-pyrrole nitrogens is 1. The molecule has 1 N–H and O–H groups in total. The second-order valence-corrected chi connectivity index (χ2v) is 5.80. The molecule has 6 nitrogen and oxygen atoms in total. The molecule has 0 unspecified atom stereocenters. The lowest BCUT2D eigenvalue weighted by atomic mass is 10.1. The summed E-state index contributed by atoms with van der Waals surface area (Å²) in [6.45, 7) is 3.88. The topological polar surface area (TPSA) is 77.0 Å². The van der Waals surface area contributed by atoms with E-state index in [1.807, 2.05) is 6.92 Å². The van der Waals surface area contributed by atoms with Crippen molar-refractivity contribution >= 4 is 23.6 Å². The van der Waals surface area contributed by atoms with E-state index in [9.17, 15) is 9.59 Å². The largest absolute Gasteiger partial charge is 0.463 e. The van der Waals surface area contributed by atoms with Crippen molar-refractivity contribution < 1.29 is 9.53 Å². The van der Waals surface area contributed by atoms with Gasteiger partial charge in [0.15, 0.2) is 0 Å². The zero-order valence-corrected chi connectivity index (χ0v) is 14.5. The summed E-state index contributed by atoms with van der Waals surface area (Å²) in [7, 11) is 0. The van der Waals surface area contributed by atoms with Gasteiger partial charge >= 0.3 is 5.97 Å². The van der Waals surface area contributed by atoms with E-state index in [4.69, 9.17) is 16.3 Å². The highest BCUT2D eigenvalue weighted by Crippen LogP contribution is 2.25. The van der Waals surface area contributed by atoms with Gasteiger partial charge in [-0.15, -0.1) is 0 Å². The third-order valence-corrected chi connectivity index (χ3v) is 3.97. The van der Waals surface area contributed by atoms with Crippen molar-refractivity contribution in [3.8, 4) is 16.9 Å². The second-order valence-electron chi connectivity index (χ2n) is 5.37. The first-order valence-electron chi connectivity index (χ1n) is 7.73. The fraction of sp³-hybridized carbons (Fsp3) is 0.167. The van der Waals surface area contributed by atoms with Crippen molar-refractivity contribution in [3.05, 3.63) is 63.2 Å². The van der Waals surface area contributed by atoms with E-state index in [-0.39, 0.29) is 5.56 Å². The first-order valence-corrected chi connectivity index (χ1v) is 8.11. The molecule has 2 heterocycles. The number of ether oxygens (including phenoxy) is 1. The fourth-order valence-electron chi connectivity index (χ4n) is 2.48. The maximum Gasteiger partial charge on any atom is 0.330 e. The summed E-state index contributed by atoms with van der Waals surface area (Å²) in [6.07, 6.45) is 4.55. The normalized spacial score (nSPS) is 11.3. The molecule has 0 saturated carbocycles. The molecular weight excluding hydrogens is 342 g/mol. The lowest BCUT2D eigenvalue weighted by molar-refractivity contribution is -0.137. The SMILES string of the molecule is CCOC(=O)/C=C/c1c2nn(-c3ccc(Cl)cc3)c(=O)c-2c[nH]c1C. The summed E-state index contributed by atoms with van der Waals surface area (Å²) in [6, 6.07) is 6.84. The van der Waals surface area contributed by atoms with Crippen LogP contribution in [-0.4, -0.2) is 27.3 Å². The van der Waals surface area contributed by atoms with Crippen LogP contribution in [0.5, 0.6) is 0 Å². The average molecular weight is 358 g/mol. The molecule has 128 valence electrons. The minimum atomic E-state index is -0.446. The first kappa shape index (κ1) is 17.0. The van der Waals surface area contributed by atoms with Crippen LogP contribution in [0.15, 0.2) is 41.3 Å². The van der Waals surface area contributed by atoms with E-state index in [1.165, 1.54) is 10.8 Å². The Hall–Kier alpha value is -2.86. The number of nitrogens with zero attached hydrogens (tertiary/aromatic N) is 2. The van der Waals surface area contributed by atoms with E-state index in [0.717, 1.165) is 5.69 Å². The van der Waals surface area contributed by atoms with Gasteiger partial charge in [0.2, 0.25) is 0 Å². The number of carbonyl (C=O) groups excluding carboxylic acids is 1. The molecule has 2 aliphatic heterocycles. The number of carbonyl (C=O) groups is 1. The van der Waals surface area contributed by atoms with Gasteiger partial charge in [0.1, 0.15) is 5.69 Å². The van der Waals surface area contributed by atoms with E-state index in [2.05, 4.69) is 10.1 Å². The average Bonchev–Trinajstić information content (AvgIpc) is 2.92. The summed E-state index contributed by atoms with van der Waals surface area (Å²) < 4.78 is 6.20. The standard InChI is InChI=1S/C18H16ClN3O3/c1-3-25-16(23)9-8-14-11(2)20-10-15-17(14)21-22(18(15)24)13-6-4-12(19)5-7-13/h4-10,20H,3H2,1-2H3/b9-8+. The molecule has 0 bridgehead atoms. The van der Waals surface area contributed by atoms with Crippen LogP contribution < -0.4 is 5.56 Å². The Morgan fingerprint density at radius 2 is 2.08 bits per heavy atom. The van der Waals surface area contributed by atoms with E-state index in [0.29, 0.717) is 34.1 Å². The number of fused-ring (bicyclic) bond motifs is 1. The molecule has 0 saturated heterocycles. The third kappa shape index (κ3) is 3.34. The van der Waals surface area contributed by atoms with Gasteiger partial charge in [-0.25, -0.2) is 4.79 Å². The highest BCUT2D eigenvalue weighted by molar-refractivity contribution is 6.30. The van der Waals surface area contributed by atoms with Gasteiger partial charge in [0.05, 0.1) is 17.9 Å². The van der Waals surface area contributed by atoms with Crippen LogP contribution in [0.1, 0.15) is 18.2 Å². The van der Waals surface area contributed by atoms with Gasteiger partial charge in [0, 0.05) is 28.6 Å². The van der Waals surface area contributed by atoms with Crippen LogP contribution in [0.2, 0.25) is 5.02 Å². The summed E-state index contributed by atoms with van der Waals surface area (Å²) in [4.78, 5) is 27.3. The third-order valence-electron chi connectivity index (χ3n) is 3.71. The smallest absolute Gasteiger partial charge is 0.330 e. The predicted molar refractivity (Wildman–Crippen MR) is 96.2 cm³/mol. The van der Waals surface area contributed by atoms with Gasteiger partial charge in [-0.1, -0.05) is 11.6 Å². The lowest BCUT2D eigenvalue weighted by Crippen LogP contribution is -2.14. The van der Waals surface area contributed by atoms with Crippen LogP contribution in [0, 0.1) is 6.92 Å². The Bertz CT molecular complexity index is 970. The van der Waals surface area contributed by atoms with E-state index >= 15 is 0 Å². The van der Waals surface area contributed by atoms with E-state index < -0.39 is 5.97 Å². The molecule has 0 radical (unpaired) electrons.